The number of nitrogens with zero attached hydrogens (tertiary/aromatic N) is 1. The molecule has 1 heterocycles. The van der Waals surface area contributed by atoms with Crippen LogP contribution in [0.25, 0.3) is 0 Å². The number of carbonyl (C=O) groups is 2. The molecule has 1 aliphatic heterocycles. The Morgan fingerprint density at radius 1 is 1.17 bits per heavy atom. The van der Waals surface area contributed by atoms with E-state index >= 15 is 0 Å². The smallest absolute Gasteiger partial charge is 0.257 e. The summed E-state index contributed by atoms with van der Waals surface area (Å²) in [5.74, 6) is -0.157. The number of hydroxylamine groups is 1. The fraction of sp³-hybridized carbons (Fsp3) is 0.529. The maximum Gasteiger partial charge on any atom is 0.257 e. The van der Waals surface area contributed by atoms with E-state index in [0.717, 1.165) is 37.8 Å². The molecular weight excluding hydrogens is 294 g/mol. The second-order valence-corrected chi connectivity index (χ2v) is 6.21. The van der Waals surface area contributed by atoms with E-state index in [-0.39, 0.29) is 24.4 Å². The molecular formula is C17H23N3O3. The number of hydrogen-bond acceptors (Lipinski definition) is 4. The molecule has 1 aromatic carbocycles. The maximum absolute atomic E-state index is 12.2. The van der Waals surface area contributed by atoms with E-state index in [0.29, 0.717) is 12.6 Å². The first-order valence-corrected chi connectivity index (χ1v) is 8.21. The molecule has 2 N–H and O–H groups in total. The highest BCUT2D eigenvalue weighted by molar-refractivity contribution is 5.84. The third-order valence-corrected chi connectivity index (χ3v) is 4.20. The topological polar surface area (TPSA) is 70.7 Å². The van der Waals surface area contributed by atoms with Crippen LogP contribution in [0.1, 0.15) is 31.2 Å². The largest absolute Gasteiger partial charge is 0.352 e. The Morgan fingerprint density at radius 3 is 2.70 bits per heavy atom. The average Bonchev–Trinajstić information content (AvgIpc) is 3.24. The summed E-state index contributed by atoms with van der Waals surface area (Å²) in [5.41, 5.74) is 3.45. The molecule has 0 aromatic heterocycles. The Bertz CT molecular complexity index is 545. The van der Waals surface area contributed by atoms with Gasteiger partial charge in [0.1, 0.15) is 0 Å². The van der Waals surface area contributed by atoms with E-state index in [1.807, 2.05) is 35.2 Å². The van der Waals surface area contributed by atoms with Gasteiger partial charge in [0, 0.05) is 6.04 Å². The molecule has 1 unspecified atom stereocenters. The summed E-state index contributed by atoms with van der Waals surface area (Å²) in [7, 11) is 0. The summed E-state index contributed by atoms with van der Waals surface area (Å²) in [4.78, 5) is 31.3. The highest BCUT2D eigenvalue weighted by Crippen LogP contribution is 2.22. The fourth-order valence-electron chi connectivity index (χ4n) is 2.83. The summed E-state index contributed by atoms with van der Waals surface area (Å²) in [6.07, 6.45) is 3.91. The SMILES string of the molecule is O=C(CN1CCCC1C(=O)NC1CC1)NOCc1ccccc1. The van der Waals surface area contributed by atoms with E-state index in [4.69, 9.17) is 4.84 Å². The molecule has 2 amide bonds. The van der Waals surface area contributed by atoms with Gasteiger partial charge in [-0.3, -0.25) is 19.3 Å². The Balaban J connectivity index is 1.40. The Hall–Kier alpha value is -1.92. The average molecular weight is 317 g/mol. The van der Waals surface area contributed by atoms with Crippen molar-refractivity contribution in [1.82, 2.24) is 15.7 Å². The molecule has 1 aliphatic carbocycles. The highest BCUT2D eigenvalue weighted by atomic mass is 16.6. The van der Waals surface area contributed by atoms with Crippen LogP contribution < -0.4 is 10.8 Å². The van der Waals surface area contributed by atoms with Gasteiger partial charge in [-0.2, -0.15) is 0 Å². The van der Waals surface area contributed by atoms with Crippen LogP contribution in [0.5, 0.6) is 0 Å². The van der Waals surface area contributed by atoms with Gasteiger partial charge in [-0.25, -0.2) is 5.48 Å². The van der Waals surface area contributed by atoms with Gasteiger partial charge in [0.2, 0.25) is 5.91 Å². The lowest BCUT2D eigenvalue weighted by molar-refractivity contribution is -0.137. The third-order valence-electron chi connectivity index (χ3n) is 4.20. The molecule has 0 spiro atoms. The minimum Gasteiger partial charge on any atom is -0.352 e. The van der Waals surface area contributed by atoms with Crippen molar-refractivity contribution >= 4 is 11.8 Å². The minimum absolute atomic E-state index is 0.0583. The number of amides is 2. The van der Waals surface area contributed by atoms with Crippen LogP contribution in [0.3, 0.4) is 0 Å². The number of nitrogens with one attached hydrogen (secondary N) is 2. The molecule has 1 aromatic rings. The van der Waals surface area contributed by atoms with Crippen LogP contribution in [0.15, 0.2) is 30.3 Å². The third kappa shape index (κ3) is 4.77. The number of benzene rings is 1. The van der Waals surface area contributed by atoms with Crippen LogP contribution in [0.4, 0.5) is 0 Å². The van der Waals surface area contributed by atoms with Crippen LogP contribution in [0.2, 0.25) is 0 Å². The van der Waals surface area contributed by atoms with E-state index in [1.54, 1.807) is 0 Å². The van der Waals surface area contributed by atoms with Gasteiger partial charge in [0.05, 0.1) is 19.2 Å². The van der Waals surface area contributed by atoms with E-state index in [2.05, 4.69) is 10.8 Å². The predicted molar refractivity (Wildman–Crippen MR) is 85.1 cm³/mol. The number of rotatable bonds is 7. The maximum atomic E-state index is 12.2. The van der Waals surface area contributed by atoms with Gasteiger partial charge in [-0.15, -0.1) is 0 Å². The van der Waals surface area contributed by atoms with Crippen LogP contribution in [-0.2, 0) is 21.0 Å². The zero-order valence-corrected chi connectivity index (χ0v) is 13.2. The van der Waals surface area contributed by atoms with Crippen LogP contribution in [0, 0.1) is 0 Å². The summed E-state index contributed by atoms with van der Waals surface area (Å²) < 4.78 is 0. The molecule has 1 saturated heterocycles. The fourth-order valence-corrected chi connectivity index (χ4v) is 2.83. The first kappa shape index (κ1) is 16.0. The molecule has 124 valence electrons. The second kappa shape index (κ2) is 7.57. The van der Waals surface area contributed by atoms with Crippen molar-refractivity contribution < 1.29 is 14.4 Å². The van der Waals surface area contributed by atoms with Gasteiger partial charge in [-0.05, 0) is 37.8 Å². The van der Waals surface area contributed by atoms with Gasteiger partial charge in [-0.1, -0.05) is 30.3 Å². The van der Waals surface area contributed by atoms with Crippen molar-refractivity contribution in [2.24, 2.45) is 0 Å². The molecule has 2 aliphatic rings. The predicted octanol–water partition coefficient (Wildman–Crippen LogP) is 0.977. The van der Waals surface area contributed by atoms with Crippen molar-refractivity contribution in [3.63, 3.8) is 0 Å². The lowest BCUT2D eigenvalue weighted by atomic mass is 10.2. The normalized spacial score (nSPS) is 21.1. The number of hydrogen-bond donors (Lipinski definition) is 2. The molecule has 0 radical (unpaired) electrons. The summed E-state index contributed by atoms with van der Waals surface area (Å²) in [6.45, 7) is 1.30. The van der Waals surface area contributed by atoms with Crippen molar-refractivity contribution in [3.8, 4) is 0 Å². The van der Waals surface area contributed by atoms with Crippen molar-refractivity contribution in [1.29, 1.82) is 0 Å². The summed E-state index contributed by atoms with van der Waals surface area (Å²) in [5, 5.41) is 3.02. The van der Waals surface area contributed by atoms with E-state index < -0.39 is 0 Å². The second-order valence-electron chi connectivity index (χ2n) is 6.21. The monoisotopic (exact) mass is 317 g/mol. The lowest BCUT2D eigenvalue weighted by Gasteiger charge is -2.22. The van der Waals surface area contributed by atoms with Crippen molar-refractivity contribution in [3.05, 3.63) is 35.9 Å². The first-order chi connectivity index (χ1) is 11.2. The summed E-state index contributed by atoms with van der Waals surface area (Å²) >= 11 is 0. The Labute approximate surface area is 136 Å². The van der Waals surface area contributed by atoms with Gasteiger partial charge in [0.25, 0.3) is 5.91 Å². The number of carbonyl (C=O) groups excluding carboxylic acids is 2. The summed E-state index contributed by atoms with van der Waals surface area (Å²) in [6, 6.07) is 9.82. The minimum atomic E-state index is -0.216. The van der Waals surface area contributed by atoms with Crippen molar-refractivity contribution in [2.45, 2.75) is 44.4 Å². The standard InChI is InChI=1S/C17H23N3O3/c21-16(19-23-12-13-5-2-1-3-6-13)11-20-10-4-7-15(20)17(22)18-14-8-9-14/h1-3,5-6,14-15H,4,7-12H2,(H,18,22)(H,19,21). The Kier molecular flexibility index (Phi) is 5.25. The Morgan fingerprint density at radius 2 is 1.96 bits per heavy atom. The van der Waals surface area contributed by atoms with Crippen LogP contribution >= 0.6 is 0 Å². The van der Waals surface area contributed by atoms with E-state index in [1.165, 1.54) is 0 Å². The molecule has 0 bridgehead atoms. The van der Waals surface area contributed by atoms with Gasteiger partial charge < -0.3 is 5.32 Å². The molecule has 6 heteroatoms. The van der Waals surface area contributed by atoms with Crippen LogP contribution in [-0.4, -0.2) is 41.9 Å². The molecule has 6 nitrogen and oxygen atoms in total. The van der Waals surface area contributed by atoms with Crippen molar-refractivity contribution in [2.75, 3.05) is 13.1 Å². The molecule has 1 saturated carbocycles. The lowest BCUT2D eigenvalue weighted by Crippen LogP contribution is -2.47. The molecule has 3 rings (SSSR count). The van der Waals surface area contributed by atoms with E-state index in [9.17, 15) is 9.59 Å². The molecule has 1 atom stereocenters. The zero-order valence-electron chi connectivity index (χ0n) is 13.2. The molecule has 2 fully saturated rings. The first-order valence-electron chi connectivity index (χ1n) is 8.21. The van der Waals surface area contributed by atoms with Gasteiger partial charge >= 0.3 is 0 Å². The zero-order chi connectivity index (χ0) is 16.1. The number of likely N-dealkylation sites (tertiary alicyclic amines) is 1. The van der Waals surface area contributed by atoms with Gasteiger partial charge in [0.15, 0.2) is 0 Å². The molecule has 23 heavy (non-hydrogen) atoms. The highest BCUT2D eigenvalue weighted by Gasteiger charge is 2.34. The quantitative estimate of drug-likeness (QED) is 0.736.